The standard InChI is InChI=1S/C13H19NO/c1-3-9(2)15-11-5-6-12-10(8-11)4-7-13(12)14/h5-6,8-9,13H,3-4,7,14H2,1-2H3. The maximum atomic E-state index is 5.98. The summed E-state index contributed by atoms with van der Waals surface area (Å²) in [5, 5.41) is 0. The van der Waals surface area contributed by atoms with Gasteiger partial charge in [-0.25, -0.2) is 0 Å². The van der Waals surface area contributed by atoms with E-state index in [4.69, 9.17) is 10.5 Å². The lowest BCUT2D eigenvalue weighted by molar-refractivity contribution is 0.217. The Morgan fingerprint density at radius 1 is 1.53 bits per heavy atom. The molecular weight excluding hydrogens is 186 g/mol. The maximum Gasteiger partial charge on any atom is 0.119 e. The zero-order chi connectivity index (χ0) is 10.8. The molecule has 2 rings (SSSR count). The van der Waals surface area contributed by atoms with Crippen molar-refractivity contribution in [1.82, 2.24) is 0 Å². The Morgan fingerprint density at radius 3 is 3.07 bits per heavy atom. The van der Waals surface area contributed by atoms with Crippen molar-refractivity contribution in [2.45, 2.75) is 45.3 Å². The second-order valence-electron chi connectivity index (χ2n) is 4.34. The highest BCUT2D eigenvalue weighted by molar-refractivity contribution is 5.40. The van der Waals surface area contributed by atoms with Crippen molar-refractivity contribution in [3.63, 3.8) is 0 Å². The quantitative estimate of drug-likeness (QED) is 0.823. The molecule has 0 amide bonds. The van der Waals surface area contributed by atoms with Crippen LogP contribution >= 0.6 is 0 Å². The second kappa shape index (κ2) is 4.23. The summed E-state index contributed by atoms with van der Waals surface area (Å²) in [6.45, 7) is 4.23. The molecule has 0 aliphatic heterocycles. The lowest BCUT2D eigenvalue weighted by atomic mass is 10.1. The molecule has 0 saturated carbocycles. The number of ether oxygens (including phenoxy) is 1. The van der Waals surface area contributed by atoms with Crippen LogP contribution in [0.15, 0.2) is 18.2 Å². The molecule has 2 N–H and O–H groups in total. The summed E-state index contributed by atoms with van der Waals surface area (Å²) in [6, 6.07) is 6.53. The Morgan fingerprint density at radius 2 is 2.33 bits per heavy atom. The zero-order valence-electron chi connectivity index (χ0n) is 9.49. The van der Waals surface area contributed by atoms with Gasteiger partial charge < -0.3 is 10.5 Å². The van der Waals surface area contributed by atoms with Crippen LogP contribution in [0, 0.1) is 0 Å². The van der Waals surface area contributed by atoms with Gasteiger partial charge in [0.05, 0.1) is 6.10 Å². The molecule has 15 heavy (non-hydrogen) atoms. The number of fused-ring (bicyclic) bond motifs is 1. The van der Waals surface area contributed by atoms with E-state index in [1.807, 2.05) is 6.07 Å². The molecule has 0 heterocycles. The van der Waals surface area contributed by atoms with Gasteiger partial charge in [-0.05, 0) is 49.4 Å². The monoisotopic (exact) mass is 205 g/mol. The third-order valence-electron chi connectivity index (χ3n) is 3.15. The van der Waals surface area contributed by atoms with E-state index in [0.29, 0.717) is 0 Å². The van der Waals surface area contributed by atoms with Crippen LogP contribution in [0.3, 0.4) is 0 Å². The molecule has 0 fully saturated rings. The summed E-state index contributed by atoms with van der Waals surface area (Å²) in [7, 11) is 0. The molecule has 1 aliphatic rings. The molecule has 0 radical (unpaired) electrons. The van der Waals surface area contributed by atoms with Crippen LogP contribution in [-0.2, 0) is 6.42 Å². The van der Waals surface area contributed by atoms with Crippen molar-refractivity contribution in [3.05, 3.63) is 29.3 Å². The van der Waals surface area contributed by atoms with Crippen LogP contribution in [-0.4, -0.2) is 6.10 Å². The van der Waals surface area contributed by atoms with E-state index in [1.54, 1.807) is 0 Å². The van der Waals surface area contributed by atoms with Crippen LogP contribution in [0.4, 0.5) is 0 Å². The minimum Gasteiger partial charge on any atom is -0.491 e. The van der Waals surface area contributed by atoms with Crippen molar-refractivity contribution in [3.8, 4) is 5.75 Å². The van der Waals surface area contributed by atoms with Crippen LogP contribution in [0.2, 0.25) is 0 Å². The molecule has 82 valence electrons. The highest BCUT2D eigenvalue weighted by Crippen LogP contribution is 2.32. The molecule has 0 bridgehead atoms. The molecule has 2 atom stereocenters. The predicted octanol–water partition coefficient (Wildman–Crippen LogP) is 2.81. The van der Waals surface area contributed by atoms with Crippen molar-refractivity contribution in [2.24, 2.45) is 5.73 Å². The lowest BCUT2D eigenvalue weighted by Gasteiger charge is -2.13. The third kappa shape index (κ3) is 2.15. The van der Waals surface area contributed by atoms with E-state index in [0.717, 1.165) is 25.0 Å². The van der Waals surface area contributed by atoms with E-state index in [-0.39, 0.29) is 12.1 Å². The molecule has 2 unspecified atom stereocenters. The summed E-state index contributed by atoms with van der Waals surface area (Å²) < 4.78 is 5.78. The average Bonchev–Trinajstić information content (AvgIpc) is 2.60. The topological polar surface area (TPSA) is 35.2 Å². The minimum absolute atomic E-state index is 0.234. The molecule has 0 spiro atoms. The highest BCUT2D eigenvalue weighted by atomic mass is 16.5. The number of rotatable bonds is 3. The largest absolute Gasteiger partial charge is 0.491 e. The van der Waals surface area contributed by atoms with Gasteiger partial charge in [-0.2, -0.15) is 0 Å². The van der Waals surface area contributed by atoms with Crippen molar-refractivity contribution < 1.29 is 4.74 Å². The van der Waals surface area contributed by atoms with Gasteiger partial charge >= 0.3 is 0 Å². The van der Waals surface area contributed by atoms with Crippen LogP contribution in [0.5, 0.6) is 5.75 Å². The van der Waals surface area contributed by atoms with Crippen LogP contribution in [0.25, 0.3) is 0 Å². The van der Waals surface area contributed by atoms with Crippen molar-refractivity contribution in [1.29, 1.82) is 0 Å². The van der Waals surface area contributed by atoms with E-state index < -0.39 is 0 Å². The number of aryl methyl sites for hydroxylation is 1. The Hall–Kier alpha value is -1.02. The zero-order valence-corrected chi connectivity index (χ0v) is 9.49. The van der Waals surface area contributed by atoms with Gasteiger partial charge in [-0.3, -0.25) is 0 Å². The van der Waals surface area contributed by atoms with Gasteiger partial charge in [0.2, 0.25) is 0 Å². The summed E-state index contributed by atoms with van der Waals surface area (Å²) in [4.78, 5) is 0. The molecule has 2 nitrogen and oxygen atoms in total. The number of hydrogen-bond donors (Lipinski definition) is 1. The third-order valence-corrected chi connectivity index (χ3v) is 3.15. The summed E-state index contributed by atoms with van der Waals surface area (Å²) in [6.07, 6.45) is 3.49. The first-order chi connectivity index (χ1) is 7.20. The lowest BCUT2D eigenvalue weighted by Crippen LogP contribution is -2.10. The first kappa shape index (κ1) is 10.5. The van der Waals surface area contributed by atoms with Crippen molar-refractivity contribution in [2.75, 3.05) is 0 Å². The molecule has 2 heteroatoms. The molecule has 1 aromatic carbocycles. The smallest absolute Gasteiger partial charge is 0.119 e. The Bertz CT molecular complexity index is 348. The Kier molecular flexibility index (Phi) is 2.96. The van der Waals surface area contributed by atoms with E-state index in [1.165, 1.54) is 11.1 Å². The van der Waals surface area contributed by atoms with E-state index >= 15 is 0 Å². The predicted molar refractivity (Wildman–Crippen MR) is 62.1 cm³/mol. The number of benzene rings is 1. The normalized spacial score (nSPS) is 21.1. The van der Waals surface area contributed by atoms with Gasteiger partial charge in [-0.1, -0.05) is 13.0 Å². The van der Waals surface area contributed by atoms with Gasteiger partial charge in [0.25, 0.3) is 0 Å². The maximum absolute atomic E-state index is 5.98. The summed E-state index contributed by atoms with van der Waals surface area (Å²) in [5.41, 5.74) is 8.64. The summed E-state index contributed by atoms with van der Waals surface area (Å²) >= 11 is 0. The van der Waals surface area contributed by atoms with Gasteiger partial charge in [0.15, 0.2) is 0 Å². The average molecular weight is 205 g/mol. The van der Waals surface area contributed by atoms with Crippen LogP contribution < -0.4 is 10.5 Å². The Balaban J connectivity index is 2.16. The summed E-state index contributed by atoms with van der Waals surface area (Å²) in [5.74, 6) is 0.984. The molecule has 1 aromatic rings. The highest BCUT2D eigenvalue weighted by Gasteiger charge is 2.19. The molecule has 0 saturated heterocycles. The van der Waals surface area contributed by atoms with Gasteiger partial charge in [-0.15, -0.1) is 0 Å². The SMILES string of the molecule is CCC(C)Oc1ccc2c(c1)CCC2N. The fourth-order valence-electron chi connectivity index (χ4n) is 2.02. The number of hydrogen-bond acceptors (Lipinski definition) is 2. The van der Waals surface area contributed by atoms with Gasteiger partial charge in [0, 0.05) is 6.04 Å². The molecule has 0 aromatic heterocycles. The second-order valence-corrected chi connectivity index (χ2v) is 4.34. The van der Waals surface area contributed by atoms with Crippen LogP contribution in [0.1, 0.15) is 43.9 Å². The fourth-order valence-corrected chi connectivity index (χ4v) is 2.02. The fraction of sp³-hybridized carbons (Fsp3) is 0.538. The van der Waals surface area contributed by atoms with Crippen molar-refractivity contribution >= 4 is 0 Å². The number of nitrogens with two attached hydrogens (primary N) is 1. The first-order valence-corrected chi connectivity index (χ1v) is 5.75. The van der Waals surface area contributed by atoms with Gasteiger partial charge in [0.1, 0.15) is 5.75 Å². The molecular formula is C13H19NO. The minimum atomic E-state index is 0.234. The molecule has 1 aliphatic carbocycles. The van der Waals surface area contributed by atoms with E-state index in [9.17, 15) is 0 Å². The first-order valence-electron chi connectivity index (χ1n) is 5.75. The van der Waals surface area contributed by atoms with E-state index in [2.05, 4.69) is 26.0 Å². The Labute approximate surface area is 91.4 Å².